The van der Waals surface area contributed by atoms with Crippen molar-refractivity contribution in [1.29, 1.82) is 0 Å². The van der Waals surface area contributed by atoms with E-state index in [-0.39, 0.29) is 21.3 Å². The molecule has 0 aromatic heterocycles. The summed E-state index contributed by atoms with van der Waals surface area (Å²) in [4.78, 5) is 23.4. The number of nitrogens with two attached hydrogens (primary N) is 1. The van der Waals surface area contributed by atoms with Gasteiger partial charge in [0.25, 0.3) is 5.91 Å². The van der Waals surface area contributed by atoms with Gasteiger partial charge in [-0.2, -0.15) is 4.31 Å². The molecule has 1 aromatic rings. The van der Waals surface area contributed by atoms with Crippen molar-refractivity contribution in [2.75, 3.05) is 12.9 Å². The van der Waals surface area contributed by atoms with Crippen molar-refractivity contribution in [2.24, 2.45) is 5.73 Å². The van der Waals surface area contributed by atoms with E-state index in [0.717, 1.165) is 28.2 Å². The van der Waals surface area contributed by atoms with Crippen LogP contribution in [-0.4, -0.2) is 43.0 Å². The van der Waals surface area contributed by atoms with Crippen LogP contribution in [0.15, 0.2) is 46.7 Å². The smallest absolute Gasteiger partial charge is 0.254 e. The van der Waals surface area contributed by atoms with Crippen LogP contribution in [0.4, 0.5) is 4.39 Å². The van der Waals surface area contributed by atoms with Gasteiger partial charge in [0, 0.05) is 18.2 Å². The Kier molecular flexibility index (Phi) is 7.97. The van der Waals surface area contributed by atoms with Crippen molar-refractivity contribution < 1.29 is 22.4 Å². The van der Waals surface area contributed by atoms with Gasteiger partial charge in [0.2, 0.25) is 15.9 Å². The lowest BCUT2D eigenvalue weighted by molar-refractivity contribution is -0.114. The summed E-state index contributed by atoms with van der Waals surface area (Å²) in [5.74, 6) is -2.44. The van der Waals surface area contributed by atoms with Crippen LogP contribution in [0.2, 0.25) is 0 Å². The number of halogens is 1. The highest BCUT2D eigenvalue weighted by Gasteiger charge is 2.32. The van der Waals surface area contributed by atoms with Gasteiger partial charge in [-0.1, -0.05) is 30.5 Å². The normalized spacial score (nSPS) is 12.7. The summed E-state index contributed by atoms with van der Waals surface area (Å²) in [5, 5.41) is 2.44. The van der Waals surface area contributed by atoms with Crippen molar-refractivity contribution >= 4 is 33.6 Å². The van der Waals surface area contributed by atoms with Crippen LogP contribution < -0.4 is 11.1 Å². The molecule has 2 amide bonds. The van der Waals surface area contributed by atoms with Gasteiger partial charge in [-0.3, -0.25) is 9.59 Å². The molecule has 7 nitrogen and oxygen atoms in total. The Morgan fingerprint density at radius 3 is 2.39 bits per heavy atom. The van der Waals surface area contributed by atoms with E-state index < -0.39 is 33.2 Å². The Balaban J connectivity index is 3.05. The first kappa shape index (κ1) is 23.9. The topological polar surface area (TPSA) is 110 Å². The molecule has 1 aromatic carbocycles. The van der Waals surface area contributed by atoms with E-state index in [1.54, 1.807) is 20.8 Å². The minimum absolute atomic E-state index is 0.162. The SMILES string of the molecule is C=C(/C=C(\SCNC(=O)c1ccccc1F)S(=O)(=O)N(C)C(C)(C)C)C(N)=O. The van der Waals surface area contributed by atoms with E-state index >= 15 is 0 Å². The molecule has 0 saturated carbocycles. The zero-order valence-electron chi connectivity index (χ0n) is 16.2. The third kappa shape index (κ3) is 6.18. The van der Waals surface area contributed by atoms with Gasteiger partial charge in [-0.25, -0.2) is 12.8 Å². The number of primary amides is 1. The molecule has 0 radical (unpaired) electrons. The third-order valence-electron chi connectivity index (χ3n) is 3.73. The maximum atomic E-state index is 13.7. The fourth-order valence-corrected chi connectivity index (χ4v) is 4.77. The molecule has 0 unspecified atom stereocenters. The highest BCUT2D eigenvalue weighted by molar-refractivity contribution is 8.17. The van der Waals surface area contributed by atoms with Crippen molar-refractivity contribution in [3.05, 3.63) is 58.1 Å². The Bertz CT molecular complexity index is 906. The summed E-state index contributed by atoms with van der Waals surface area (Å²) in [6.45, 7) is 8.56. The van der Waals surface area contributed by atoms with Crippen LogP contribution in [-0.2, 0) is 14.8 Å². The second-order valence-corrected chi connectivity index (χ2v) is 9.98. The number of thioether (sulfide) groups is 1. The number of carbonyl (C=O) groups is 2. The monoisotopic (exact) mass is 429 g/mol. The lowest BCUT2D eigenvalue weighted by atomic mass is 10.1. The summed E-state index contributed by atoms with van der Waals surface area (Å²) in [7, 11) is -2.60. The van der Waals surface area contributed by atoms with Gasteiger partial charge in [-0.15, -0.1) is 0 Å². The molecule has 0 bridgehead atoms. The zero-order chi connectivity index (χ0) is 21.7. The number of nitrogens with one attached hydrogen (secondary N) is 1. The first-order valence-corrected chi connectivity index (χ1v) is 10.6. The minimum Gasteiger partial charge on any atom is -0.366 e. The third-order valence-corrected chi connectivity index (χ3v) is 7.31. The van der Waals surface area contributed by atoms with E-state index in [9.17, 15) is 22.4 Å². The molecule has 0 spiro atoms. The van der Waals surface area contributed by atoms with Crippen molar-refractivity contribution in [3.8, 4) is 0 Å². The zero-order valence-corrected chi connectivity index (χ0v) is 17.8. The molecule has 0 fully saturated rings. The van der Waals surface area contributed by atoms with E-state index in [1.165, 1.54) is 25.2 Å². The van der Waals surface area contributed by atoms with E-state index in [0.29, 0.717) is 0 Å². The van der Waals surface area contributed by atoms with Gasteiger partial charge in [-0.05, 0) is 39.0 Å². The average Bonchev–Trinajstić information content (AvgIpc) is 2.59. The van der Waals surface area contributed by atoms with Crippen LogP contribution in [0.1, 0.15) is 31.1 Å². The van der Waals surface area contributed by atoms with Crippen LogP contribution >= 0.6 is 11.8 Å². The molecule has 154 valence electrons. The van der Waals surface area contributed by atoms with Crippen LogP contribution in [0.5, 0.6) is 0 Å². The Morgan fingerprint density at radius 1 is 1.32 bits per heavy atom. The quantitative estimate of drug-likeness (QED) is 0.374. The molecule has 28 heavy (non-hydrogen) atoms. The maximum Gasteiger partial charge on any atom is 0.254 e. The highest BCUT2D eigenvalue weighted by atomic mass is 32.3. The number of hydrogen-bond acceptors (Lipinski definition) is 5. The Morgan fingerprint density at radius 2 is 1.89 bits per heavy atom. The molecular formula is C18H24FN3O4S2. The molecule has 0 atom stereocenters. The van der Waals surface area contributed by atoms with Gasteiger partial charge in [0.1, 0.15) is 10.1 Å². The van der Waals surface area contributed by atoms with Crippen LogP contribution in [0.3, 0.4) is 0 Å². The molecule has 0 heterocycles. The molecule has 1 rings (SSSR count). The first-order valence-electron chi connectivity index (χ1n) is 8.13. The lowest BCUT2D eigenvalue weighted by Gasteiger charge is -2.31. The second-order valence-electron chi connectivity index (χ2n) is 6.77. The molecule has 0 saturated heterocycles. The standard InChI is InChI=1S/C18H24FN3O4S2/c1-12(16(20)23)10-15(28(25,26)22(5)18(2,3)4)27-11-21-17(24)13-8-6-7-9-14(13)19/h6-10H,1,11H2,2-5H3,(H2,20,23)(H,21,24)/b15-10+. The van der Waals surface area contributed by atoms with Crippen molar-refractivity contribution in [1.82, 2.24) is 9.62 Å². The van der Waals surface area contributed by atoms with E-state index in [4.69, 9.17) is 5.73 Å². The summed E-state index contributed by atoms with van der Waals surface area (Å²) >= 11 is 0.756. The second kappa shape index (κ2) is 9.35. The van der Waals surface area contributed by atoms with Crippen LogP contribution in [0.25, 0.3) is 0 Å². The number of nitrogens with zero attached hydrogens (tertiary/aromatic N) is 1. The predicted molar refractivity (Wildman–Crippen MR) is 109 cm³/mol. The fraction of sp³-hybridized carbons (Fsp3) is 0.333. The maximum absolute atomic E-state index is 13.7. The van der Waals surface area contributed by atoms with Gasteiger partial charge >= 0.3 is 0 Å². The molecule has 0 aliphatic rings. The molecule has 0 aliphatic heterocycles. The van der Waals surface area contributed by atoms with E-state index in [1.807, 2.05) is 0 Å². The molecule has 3 N–H and O–H groups in total. The average molecular weight is 430 g/mol. The number of benzene rings is 1. The fourth-order valence-electron chi connectivity index (χ4n) is 1.81. The van der Waals surface area contributed by atoms with Gasteiger partial charge in [0.15, 0.2) is 0 Å². The summed E-state index contributed by atoms with van der Waals surface area (Å²) < 4.78 is 40.4. The number of rotatable bonds is 8. The molecule has 0 aliphatic carbocycles. The number of sulfonamides is 1. The van der Waals surface area contributed by atoms with Crippen LogP contribution in [0, 0.1) is 5.82 Å². The summed E-state index contributed by atoms with van der Waals surface area (Å²) in [5.41, 5.74) is 4.05. The number of hydrogen-bond donors (Lipinski definition) is 2. The predicted octanol–water partition coefficient (Wildman–Crippen LogP) is 2.19. The number of amides is 2. The lowest BCUT2D eigenvalue weighted by Crippen LogP contribution is -2.42. The van der Waals surface area contributed by atoms with Crippen molar-refractivity contribution in [3.63, 3.8) is 0 Å². The molecule has 10 heteroatoms. The largest absolute Gasteiger partial charge is 0.366 e. The van der Waals surface area contributed by atoms with Gasteiger partial charge < -0.3 is 11.1 Å². The summed E-state index contributed by atoms with van der Waals surface area (Å²) in [6, 6.07) is 5.42. The Hall–Kier alpha value is -2.17. The van der Waals surface area contributed by atoms with Crippen molar-refractivity contribution in [2.45, 2.75) is 26.3 Å². The van der Waals surface area contributed by atoms with E-state index in [2.05, 4.69) is 11.9 Å². The number of carbonyl (C=O) groups excluding carboxylic acids is 2. The highest BCUT2D eigenvalue weighted by Crippen LogP contribution is 2.29. The minimum atomic E-state index is -3.99. The first-order chi connectivity index (χ1) is 12.8. The Labute approximate surface area is 168 Å². The molecular weight excluding hydrogens is 405 g/mol. The van der Waals surface area contributed by atoms with Gasteiger partial charge in [0.05, 0.1) is 11.4 Å². The summed E-state index contributed by atoms with van der Waals surface area (Å²) in [6.07, 6.45) is 1.06.